The molecule has 33 heavy (non-hydrogen) atoms. The smallest absolute Gasteiger partial charge is 0.307 e. The normalized spacial score (nSPS) is 11.0. The minimum Gasteiger partial charge on any atom is -0.493 e. The first-order valence-corrected chi connectivity index (χ1v) is 10.9. The van der Waals surface area contributed by atoms with Crippen molar-refractivity contribution < 1.29 is 19.4 Å². The van der Waals surface area contributed by atoms with E-state index in [-0.39, 0.29) is 12.3 Å². The van der Waals surface area contributed by atoms with E-state index in [1.165, 1.54) is 0 Å². The fraction of sp³-hybridized carbons (Fsp3) is 0.222. The molecule has 1 N–H and O–H groups in total. The number of aromatic nitrogens is 2. The quantitative estimate of drug-likeness (QED) is 0.440. The third-order valence-electron chi connectivity index (χ3n) is 5.80. The number of benzene rings is 2. The Bertz CT molecular complexity index is 1350. The SMILES string of the molecule is Cc1ccnc(CCOc2ccc(C(=O)n3c(C)c(CC(=O)O)c4ccccc43)c(C)c2)c1. The predicted octanol–water partition coefficient (Wildman–Crippen LogP) is 4.90. The Hall–Kier alpha value is -3.93. The summed E-state index contributed by atoms with van der Waals surface area (Å²) in [6, 6.07) is 16.8. The minimum atomic E-state index is -0.924. The molecular formula is C27H26N2O4. The maximum Gasteiger partial charge on any atom is 0.307 e. The number of aliphatic carboxylic acids is 1. The number of rotatable bonds is 7. The van der Waals surface area contributed by atoms with E-state index in [1.807, 2.05) is 56.3 Å². The van der Waals surface area contributed by atoms with Gasteiger partial charge in [0.25, 0.3) is 5.91 Å². The Balaban J connectivity index is 1.57. The van der Waals surface area contributed by atoms with E-state index in [4.69, 9.17) is 4.74 Å². The van der Waals surface area contributed by atoms with Crippen molar-refractivity contribution in [3.63, 3.8) is 0 Å². The Labute approximate surface area is 192 Å². The van der Waals surface area contributed by atoms with E-state index in [0.717, 1.165) is 22.2 Å². The van der Waals surface area contributed by atoms with Crippen molar-refractivity contribution >= 4 is 22.8 Å². The fourth-order valence-corrected chi connectivity index (χ4v) is 4.17. The second kappa shape index (κ2) is 9.28. The van der Waals surface area contributed by atoms with Gasteiger partial charge in [-0.15, -0.1) is 0 Å². The summed E-state index contributed by atoms with van der Waals surface area (Å²) in [5.74, 6) is -0.419. The van der Waals surface area contributed by atoms with Gasteiger partial charge in [0, 0.05) is 35.0 Å². The molecule has 0 aliphatic carbocycles. The summed E-state index contributed by atoms with van der Waals surface area (Å²) in [7, 11) is 0. The first kappa shape index (κ1) is 22.3. The van der Waals surface area contributed by atoms with Crippen molar-refractivity contribution in [2.45, 2.75) is 33.6 Å². The van der Waals surface area contributed by atoms with Crippen LogP contribution in [0.4, 0.5) is 0 Å². The summed E-state index contributed by atoms with van der Waals surface area (Å²) in [5, 5.41) is 10.1. The third kappa shape index (κ3) is 4.65. The van der Waals surface area contributed by atoms with E-state index in [2.05, 4.69) is 4.98 Å². The molecule has 0 bridgehead atoms. The topological polar surface area (TPSA) is 81.4 Å². The molecule has 0 radical (unpaired) electrons. The molecule has 2 aromatic carbocycles. The van der Waals surface area contributed by atoms with Gasteiger partial charge in [-0.1, -0.05) is 18.2 Å². The lowest BCUT2D eigenvalue weighted by atomic mass is 10.1. The van der Waals surface area contributed by atoms with Crippen LogP contribution in [0.1, 0.15) is 38.4 Å². The molecule has 0 unspecified atom stereocenters. The molecule has 2 heterocycles. The summed E-state index contributed by atoms with van der Waals surface area (Å²) in [6.07, 6.45) is 2.36. The van der Waals surface area contributed by atoms with Crippen LogP contribution in [0.5, 0.6) is 5.75 Å². The molecule has 2 aromatic heterocycles. The molecular weight excluding hydrogens is 416 g/mol. The van der Waals surface area contributed by atoms with Crippen LogP contribution < -0.4 is 4.74 Å². The largest absolute Gasteiger partial charge is 0.493 e. The second-order valence-corrected chi connectivity index (χ2v) is 8.19. The number of hydrogen-bond acceptors (Lipinski definition) is 4. The Morgan fingerprint density at radius 2 is 1.82 bits per heavy atom. The average Bonchev–Trinajstić information content (AvgIpc) is 3.04. The summed E-state index contributed by atoms with van der Waals surface area (Å²) in [4.78, 5) is 29.2. The van der Waals surface area contributed by atoms with Gasteiger partial charge in [-0.2, -0.15) is 0 Å². The zero-order chi connectivity index (χ0) is 23.5. The average molecular weight is 443 g/mol. The first-order chi connectivity index (χ1) is 15.8. The standard InChI is InChI=1S/C27H26N2O4/c1-17-10-12-28-20(14-17)11-13-33-21-8-9-22(18(2)15-21)27(32)29-19(3)24(16-26(30)31)23-6-4-5-7-25(23)29/h4-10,12,14-15H,11,13,16H2,1-3H3,(H,30,31). The zero-order valence-electron chi connectivity index (χ0n) is 19.0. The van der Waals surface area contributed by atoms with Crippen molar-refractivity contribution in [2.24, 2.45) is 0 Å². The number of fused-ring (bicyclic) bond motifs is 1. The number of carbonyl (C=O) groups excluding carboxylic acids is 1. The lowest BCUT2D eigenvalue weighted by Gasteiger charge is -2.12. The van der Waals surface area contributed by atoms with E-state index in [9.17, 15) is 14.7 Å². The maximum absolute atomic E-state index is 13.5. The van der Waals surface area contributed by atoms with Crippen LogP contribution in [0, 0.1) is 20.8 Å². The van der Waals surface area contributed by atoms with E-state index < -0.39 is 5.97 Å². The second-order valence-electron chi connectivity index (χ2n) is 8.19. The number of para-hydroxylation sites is 1. The highest BCUT2D eigenvalue weighted by atomic mass is 16.5. The van der Waals surface area contributed by atoms with Gasteiger partial charge in [-0.05, 0) is 73.9 Å². The van der Waals surface area contributed by atoms with Crippen LogP contribution in [-0.2, 0) is 17.6 Å². The molecule has 4 rings (SSSR count). The van der Waals surface area contributed by atoms with Gasteiger partial charge < -0.3 is 9.84 Å². The Morgan fingerprint density at radius 1 is 1.03 bits per heavy atom. The van der Waals surface area contributed by atoms with Crippen LogP contribution in [0.25, 0.3) is 10.9 Å². The van der Waals surface area contributed by atoms with Gasteiger partial charge in [-0.25, -0.2) is 0 Å². The summed E-state index contributed by atoms with van der Waals surface area (Å²) in [5.41, 5.74) is 5.50. The number of hydrogen-bond donors (Lipinski definition) is 1. The minimum absolute atomic E-state index is 0.131. The van der Waals surface area contributed by atoms with Gasteiger partial charge >= 0.3 is 5.97 Å². The van der Waals surface area contributed by atoms with Gasteiger partial charge in [0.2, 0.25) is 0 Å². The first-order valence-electron chi connectivity index (χ1n) is 10.9. The van der Waals surface area contributed by atoms with Gasteiger partial charge in [-0.3, -0.25) is 19.1 Å². The molecule has 0 saturated carbocycles. The van der Waals surface area contributed by atoms with Crippen LogP contribution >= 0.6 is 0 Å². The number of ether oxygens (including phenoxy) is 1. The van der Waals surface area contributed by atoms with Crippen LogP contribution in [0.15, 0.2) is 60.8 Å². The highest BCUT2D eigenvalue weighted by Crippen LogP contribution is 2.28. The van der Waals surface area contributed by atoms with E-state index >= 15 is 0 Å². The number of aryl methyl sites for hydroxylation is 2. The molecule has 6 nitrogen and oxygen atoms in total. The summed E-state index contributed by atoms with van der Waals surface area (Å²) in [6.45, 7) is 6.19. The number of carboxylic acid groups (broad SMARTS) is 1. The van der Waals surface area contributed by atoms with Crippen LogP contribution in [0.3, 0.4) is 0 Å². The van der Waals surface area contributed by atoms with Gasteiger partial charge in [0.1, 0.15) is 5.75 Å². The van der Waals surface area contributed by atoms with Gasteiger partial charge in [0.15, 0.2) is 0 Å². The lowest BCUT2D eigenvalue weighted by Crippen LogP contribution is -2.15. The number of pyridine rings is 1. The summed E-state index contributed by atoms with van der Waals surface area (Å²) >= 11 is 0. The number of carbonyl (C=O) groups is 2. The lowest BCUT2D eigenvalue weighted by molar-refractivity contribution is -0.136. The van der Waals surface area contributed by atoms with Crippen molar-refractivity contribution in [1.29, 1.82) is 0 Å². The number of nitrogens with zero attached hydrogens (tertiary/aromatic N) is 2. The molecule has 0 saturated heterocycles. The Kier molecular flexibility index (Phi) is 6.27. The van der Waals surface area contributed by atoms with E-state index in [1.54, 1.807) is 29.8 Å². The molecule has 168 valence electrons. The van der Waals surface area contributed by atoms with Crippen LogP contribution in [0.2, 0.25) is 0 Å². The molecule has 0 fully saturated rings. The molecule has 0 aliphatic heterocycles. The van der Waals surface area contributed by atoms with E-state index in [0.29, 0.717) is 41.1 Å². The van der Waals surface area contributed by atoms with Crippen molar-refractivity contribution in [2.75, 3.05) is 6.61 Å². The molecule has 0 spiro atoms. The highest BCUT2D eigenvalue weighted by Gasteiger charge is 2.22. The maximum atomic E-state index is 13.5. The number of carboxylic acids is 1. The Morgan fingerprint density at radius 3 is 2.55 bits per heavy atom. The van der Waals surface area contributed by atoms with Crippen molar-refractivity contribution in [3.8, 4) is 5.75 Å². The van der Waals surface area contributed by atoms with Crippen molar-refractivity contribution in [3.05, 3.63) is 94.4 Å². The van der Waals surface area contributed by atoms with Crippen molar-refractivity contribution in [1.82, 2.24) is 9.55 Å². The monoisotopic (exact) mass is 442 g/mol. The molecule has 6 heteroatoms. The molecule has 0 aliphatic rings. The molecule has 0 atom stereocenters. The fourth-order valence-electron chi connectivity index (χ4n) is 4.17. The highest BCUT2D eigenvalue weighted by molar-refractivity contribution is 6.05. The predicted molar refractivity (Wildman–Crippen MR) is 127 cm³/mol. The zero-order valence-corrected chi connectivity index (χ0v) is 19.0. The summed E-state index contributed by atoms with van der Waals surface area (Å²) < 4.78 is 7.50. The molecule has 4 aromatic rings. The van der Waals surface area contributed by atoms with Gasteiger partial charge in [0.05, 0.1) is 18.5 Å². The third-order valence-corrected chi connectivity index (χ3v) is 5.80. The molecule has 0 amide bonds. The van der Waals surface area contributed by atoms with Crippen LogP contribution in [-0.4, -0.2) is 33.1 Å².